The Kier molecular flexibility index (Phi) is 4.16. The van der Waals surface area contributed by atoms with Gasteiger partial charge >= 0.3 is 0 Å². The molecule has 2 aromatic rings. The fraction of sp³-hybridized carbons (Fsp3) is 0.476. The van der Waals surface area contributed by atoms with Crippen LogP contribution < -0.4 is 10.6 Å². The van der Waals surface area contributed by atoms with Gasteiger partial charge in [-0.05, 0) is 51.7 Å². The van der Waals surface area contributed by atoms with Crippen molar-refractivity contribution >= 4 is 16.9 Å². The van der Waals surface area contributed by atoms with Crippen molar-refractivity contribution in [3.05, 3.63) is 47.7 Å². The predicted octanol–water partition coefficient (Wildman–Crippen LogP) is 3.92. The zero-order valence-corrected chi connectivity index (χ0v) is 15.0. The zero-order valence-electron chi connectivity index (χ0n) is 15.0. The first-order valence-corrected chi connectivity index (χ1v) is 9.22. The molecule has 0 saturated carbocycles. The average Bonchev–Trinajstić information content (AvgIpc) is 3.31. The minimum atomic E-state index is -0.313. The SMILES string of the molecule is CC(C)=CC[C@@]1(C(=O)NCc2cc3ccccc3o2)C[C@@H]2CC[C@H]1N2. The summed E-state index contributed by atoms with van der Waals surface area (Å²) in [6.07, 6.45) is 6.25. The second-order valence-electron chi connectivity index (χ2n) is 7.77. The van der Waals surface area contributed by atoms with Crippen molar-refractivity contribution in [3.8, 4) is 0 Å². The lowest BCUT2D eigenvalue weighted by atomic mass is 9.70. The third kappa shape index (κ3) is 2.99. The molecule has 3 heterocycles. The Morgan fingerprint density at radius 1 is 1.36 bits per heavy atom. The molecule has 2 aliphatic rings. The lowest BCUT2D eigenvalue weighted by molar-refractivity contribution is -0.132. The monoisotopic (exact) mass is 338 g/mol. The summed E-state index contributed by atoms with van der Waals surface area (Å²) in [5.74, 6) is 0.966. The van der Waals surface area contributed by atoms with Gasteiger partial charge in [0.2, 0.25) is 5.91 Å². The summed E-state index contributed by atoms with van der Waals surface area (Å²) in [4.78, 5) is 13.1. The Bertz CT molecular complexity index is 785. The van der Waals surface area contributed by atoms with Gasteiger partial charge in [0.05, 0.1) is 12.0 Å². The number of nitrogens with one attached hydrogen (secondary N) is 2. The van der Waals surface area contributed by atoms with Gasteiger partial charge in [-0.1, -0.05) is 29.8 Å². The molecule has 132 valence electrons. The van der Waals surface area contributed by atoms with Crippen LogP contribution in [0, 0.1) is 5.41 Å². The second-order valence-corrected chi connectivity index (χ2v) is 7.77. The molecular formula is C21H26N2O2. The van der Waals surface area contributed by atoms with Crippen molar-refractivity contribution in [2.75, 3.05) is 0 Å². The number of allylic oxidation sites excluding steroid dienone is 2. The first-order chi connectivity index (χ1) is 12.1. The van der Waals surface area contributed by atoms with E-state index in [-0.39, 0.29) is 11.3 Å². The van der Waals surface area contributed by atoms with Gasteiger partial charge in [-0.2, -0.15) is 0 Å². The average molecular weight is 338 g/mol. The second kappa shape index (κ2) is 6.34. The number of carbonyl (C=O) groups is 1. The van der Waals surface area contributed by atoms with Crippen LogP contribution in [-0.4, -0.2) is 18.0 Å². The molecule has 2 N–H and O–H groups in total. The van der Waals surface area contributed by atoms with E-state index in [0.717, 1.165) is 36.0 Å². The number of furan rings is 1. The van der Waals surface area contributed by atoms with Crippen LogP contribution in [0.4, 0.5) is 0 Å². The first-order valence-electron chi connectivity index (χ1n) is 9.22. The van der Waals surface area contributed by atoms with E-state index in [1.165, 1.54) is 12.0 Å². The van der Waals surface area contributed by atoms with Crippen LogP contribution in [0.25, 0.3) is 11.0 Å². The lowest BCUT2D eigenvalue weighted by Gasteiger charge is -2.34. The van der Waals surface area contributed by atoms with Gasteiger partial charge in [-0.15, -0.1) is 0 Å². The fourth-order valence-corrected chi connectivity index (χ4v) is 4.42. The Labute approximate surface area is 148 Å². The van der Waals surface area contributed by atoms with Gasteiger partial charge in [0, 0.05) is 17.5 Å². The molecular weight excluding hydrogens is 312 g/mol. The number of carbonyl (C=O) groups excluding carboxylic acids is 1. The standard InChI is InChI=1S/C21H26N2O2/c1-14(2)9-10-21(12-16-7-8-19(21)23-16)20(24)22-13-17-11-15-5-3-4-6-18(15)25-17/h3-6,9,11,16,19,23H,7-8,10,12-13H2,1-2H3,(H,22,24)/t16-,19+,21+/m0/s1. The third-order valence-electron chi connectivity index (χ3n) is 5.74. The normalized spacial score (nSPS) is 27.6. The van der Waals surface area contributed by atoms with Gasteiger partial charge in [-0.25, -0.2) is 0 Å². The number of para-hydroxylation sites is 1. The Morgan fingerprint density at radius 3 is 2.88 bits per heavy atom. The van der Waals surface area contributed by atoms with Crippen molar-refractivity contribution in [2.45, 2.75) is 58.2 Å². The Morgan fingerprint density at radius 2 is 2.20 bits per heavy atom. The molecule has 0 spiro atoms. The van der Waals surface area contributed by atoms with E-state index >= 15 is 0 Å². The maximum Gasteiger partial charge on any atom is 0.228 e. The van der Waals surface area contributed by atoms with E-state index in [9.17, 15) is 4.79 Å². The highest BCUT2D eigenvalue weighted by Crippen LogP contribution is 2.46. The van der Waals surface area contributed by atoms with Crippen molar-refractivity contribution in [1.82, 2.24) is 10.6 Å². The van der Waals surface area contributed by atoms with Gasteiger partial charge in [0.15, 0.2) is 0 Å². The van der Waals surface area contributed by atoms with Crippen molar-refractivity contribution in [3.63, 3.8) is 0 Å². The van der Waals surface area contributed by atoms with Crippen LogP contribution in [-0.2, 0) is 11.3 Å². The molecule has 3 atom stereocenters. The van der Waals surface area contributed by atoms with E-state index in [4.69, 9.17) is 4.42 Å². The molecule has 1 aromatic heterocycles. The Balaban J connectivity index is 1.50. The number of rotatable bonds is 5. The van der Waals surface area contributed by atoms with Gasteiger partial charge in [-0.3, -0.25) is 4.79 Å². The summed E-state index contributed by atoms with van der Waals surface area (Å²) >= 11 is 0. The minimum Gasteiger partial charge on any atom is -0.459 e. The molecule has 25 heavy (non-hydrogen) atoms. The van der Waals surface area contributed by atoms with Crippen LogP contribution in [0.3, 0.4) is 0 Å². The third-order valence-corrected chi connectivity index (χ3v) is 5.74. The highest BCUT2D eigenvalue weighted by molar-refractivity contribution is 5.85. The smallest absolute Gasteiger partial charge is 0.228 e. The first kappa shape index (κ1) is 16.4. The molecule has 1 amide bonds. The number of hydrogen-bond donors (Lipinski definition) is 2. The predicted molar refractivity (Wildman–Crippen MR) is 99.1 cm³/mol. The topological polar surface area (TPSA) is 54.3 Å². The van der Waals surface area contributed by atoms with Gasteiger partial charge < -0.3 is 15.1 Å². The molecule has 4 heteroatoms. The molecule has 0 radical (unpaired) electrons. The molecule has 2 fully saturated rings. The highest BCUT2D eigenvalue weighted by atomic mass is 16.3. The summed E-state index contributed by atoms with van der Waals surface area (Å²) in [6.45, 7) is 4.64. The molecule has 2 aliphatic heterocycles. The minimum absolute atomic E-state index is 0.158. The van der Waals surface area contributed by atoms with Gasteiger partial charge in [0.1, 0.15) is 11.3 Å². The maximum atomic E-state index is 13.1. The van der Waals surface area contributed by atoms with E-state index in [1.54, 1.807) is 0 Å². The summed E-state index contributed by atoms with van der Waals surface area (Å²) < 4.78 is 5.83. The van der Waals surface area contributed by atoms with Crippen LogP contribution >= 0.6 is 0 Å². The molecule has 1 aromatic carbocycles. The summed E-state index contributed by atoms with van der Waals surface area (Å²) in [6, 6.07) is 10.7. The molecule has 0 aliphatic carbocycles. The largest absolute Gasteiger partial charge is 0.459 e. The van der Waals surface area contributed by atoms with E-state index in [2.05, 4.69) is 30.6 Å². The van der Waals surface area contributed by atoms with Crippen LogP contribution in [0.15, 0.2) is 46.4 Å². The number of amides is 1. The number of hydrogen-bond acceptors (Lipinski definition) is 3. The van der Waals surface area contributed by atoms with Crippen LogP contribution in [0.5, 0.6) is 0 Å². The molecule has 2 saturated heterocycles. The van der Waals surface area contributed by atoms with E-state index in [0.29, 0.717) is 18.6 Å². The van der Waals surface area contributed by atoms with E-state index in [1.807, 2.05) is 30.3 Å². The highest BCUT2D eigenvalue weighted by Gasteiger charge is 2.54. The molecule has 2 bridgehead atoms. The van der Waals surface area contributed by atoms with E-state index < -0.39 is 0 Å². The maximum absolute atomic E-state index is 13.1. The Hall–Kier alpha value is -2.07. The lowest BCUT2D eigenvalue weighted by Crippen LogP contribution is -2.48. The number of fused-ring (bicyclic) bond motifs is 3. The van der Waals surface area contributed by atoms with Crippen molar-refractivity contribution in [1.29, 1.82) is 0 Å². The van der Waals surface area contributed by atoms with Crippen LogP contribution in [0.2, 0.25) is 0 Å². The van der Waals surface area contributed by atoms with Crippen molar-refractivity contribution < 1.29 is 9.21 Å². The van der Waals surface area contributed by atoms with Crippen LogP contribution in [0.1, 0.15) is 45.3 Å². The van der Waals surface area contributed by atoms with Gasteiger partial charge in [0.25, 0.3) is 0 Å². The summed E-state index contributed by atoms with van der Waals surface area (Å²) in [7, 11) is 0. The summed E-state index contributed by atoms with van der Waals surface area (Å²) in [5, 5.41) is 7.86. The number of benzene rings is 1. The quantitative estimate of drug-likeness (QED) is 0.813. The zero-order chi connectivity index (χ0) is 17.4. The fourth-order valence-electron chi connectivity index (χ4n) is 4.42. The van der Waals surface area contributed by atoms with Crippen molar-refractivity contribution in [2.24, 2.45) is 5.41 Å². The molecule has 0 unspecified atom stereocenters. The molecule has 4 rings (SSSR count). The summed E-state index contributed by atoms with van der Waals surface area (Å²) in [5.41, 5.74) is 1.83. The molecule has 4 nitrogen and oxygen atoms in total.